The first-order valence-corrected chi connectivity index (χ1v) is 8.17. The van der Waals surface area contributed by atoms with Crippen LogP contribution < -0.4 is 14.8 Å². The minimum absolute atomic E-state index is 0. The van der Waals surface area contributed by atoms with Crippen molar-refractivity contribution >= 4 is 29.9 Å². The zero-order valence-corrected chi connectivity index (χ0v) is 18.4. The van der Waals surface area contributed by atoms with Crippen LogP contribution >= 0.6 is 24.0 Å². The van der Waals surface area contributed by atoms with Gasteiger partial charge in [0.25, 0.3) is 0 Å². The third kappa shape index (κ3) is 6.08. The molecule has 0 bridgehead atoms. The molecule has 1 aromatic heterocycles. The second-order valence-electron chi connectivity index (χ2n) is 5.78. The number of rotatable bonds is 7. The molecule has 0 unspecified atom stereocenters. The fourth-order valence-electron chi connectivity index (χ4n) is 2.57. The first kappa shape index (κ1) is 22.1. The molecule has 0 aliphatic heterocycles. The Morgan fingerprint density at radius 1 is 1.23 bits per heavy atom. The fourth-order valence-corrected chi connectivity index (χ4v) is 2.57. The second kappa shape index (κ2) is 10.9. The van der Waals surface area contributed by atoms with Crippen LogP contribution in [0.5, 0.6) is 11.5 Å². The summed E-state index contributed by atoms with van der Waals surface area (Å²) in [4.78, 5) is 6.45. The molecule has 1 heterocycles. The number of nitrogens with zero attached hydrogens (tertiary/aromatic N) is 4. The van der Waals surface area contributed by atoms with Crippen LogP contribution in [-0.2, 0) is 20.0 Å². The Morgan fingerprint density at radius 3 is 2.54 bits per heavy atom. The molecular formula is C18H28IN5O2. The molecule has 0 amide bonds. The predicted octanol–water partition coefficient (Wildman–Crippen LogP) is 2.31. The maximum atomic E-state index is 5.36. The number of benzene rings is 1. The van der Waals surface area contributed by atoms with Gasteiger partial charge in [0, 0.05) is 46.0 Å². The van der Waals surface area contributed by atoms with Crippen LogP contribution in [0.15, 0.2) is 35.6 Å². The zero-order chi connectivity index (χ0) is 18.2. The molecule has 2 rings (SSSR count). The van der Waals surface area contributed by atoms with E-state index in [1.807, 2.05) is 38.6 Å². The van der Waals surface area contributed by atoms with E-state index in [1.165, 1.54) is 5.56 Å². The van der Waals surface area contributed by atoms with E-state index in [2.05, 4.69) is 26.4 Å². The number of methoxy groups -OCH3 is 2. The Balaban J connectivity index is 0.00000338. The number of hydrogen-bond acceptors (Lipinski definition) is 4. The Bertz CT molecular complexity index is 717. The molecule has 2 aromatic rings. The summed E-state index contributed by atoms with van der Waals surface area (Å²) in [5.41, 5.74) is 2.31. The zero-order valence-electron chi connectivity index (χ0n) is 16.0. The number of ether oxygens (including phenoxy) is 2. The van der Waals surface area contributed by atoms with E-state index >= 15 is 0 Å². The molecule has 0 spiro atoms. The Labute approximate surface area is 172 Å². The lowest BCUT2D eigenvalue weighted by Crippen LogP contribution is -2.39. The van der Waals surface area contributed by atoms with Crippen molar-refractivity contribution in [3.63, 3.8) is 0 Å². The normalized spacial score (nSPS) is 10.9. The molecule has 8 heteroatoms. The van der Waals surface area contributed by atoms with Gasteiger partial charge in [-0.05, 0) is 24.1 Å². The standard InChI is InChI=1S/C18H27N5O2.HI/c1-19-18(20-11-15-12-21-23(3)13-15)22(2)9-8-14-6-7-16(24-4)17(10-14)25-5;/h6-7,10,12-13H,8-9,11H2,1-5H3,(H,19,20);1H. The molecule has 0 aliphatic rings. The van der Waals surface area contributed by atoms with Gasteiger partial charge in [0.15, 0.2) is 17.5 Å². The third-order valence-electron chi connectivity index (χ3n) is 3.97. The van der Waals surface area contributed by atoms with Gasteiger partial charge in [-0.1, -0.05) is 6.07 Å². The largest absolute Gasteiger partial charge is 0.493 e. The Morgan fingerprint density at radius 2 is 1.96 bits per heavy atom. The van der Waals surface area contributed by atoms with Crippen molar-refractivity contribution in [2.24, 2.45) is 12.0 Å². The minimum atomic E-state index is 0. The van der Waals surface area contributed by atoms with E-state index in [-0.39, 0.29) is 24.0 Å². The number of halogens is 1. The highest BCUT2D eigenvalue weighted by atomic mass is 127. The summed E-state index contributed by atoms with van der Waals surface area (Å²) in [7, 11) is 9.02. The number of aliphatic imine (C=N–C) groups is 1. The van der Waals surface area contributed by atoms with E-state index in [0.717, 1.165) is 36.0 Å². The Kier molecular flexibility index (Phi) is 9.25. The Hall–Kier alpha value is -1.97. The number of nitrogens with one attached hydrogen (secondary N) is 1. The maximum absolute atomic E-state index is 5.36. The quantitative estimate of drug-likeness (QED) is 0.380. The molecule has 1 N–H and O–H groups in total. The third-order valence-corrected chi connectivity index (χ3v) is 3.97. The van der Waals surface area contributed by atoms with Crippen LogP contribution in [0.4, 0.5) is 0 Å². The maximum Gasteiger partial charge on any atom is 0.193 e. The van der Waals surface area contributed by atoms with Crippen molar-refractivity contribution in [2.75, 3.05) is 34.9 Å². The molecule has 0 atom stereocenters. The summed E-state index contributed by atoms with van der Waals surface area (Å²) in [6.45, 7) is 1.53. The van der Waals surface area contributed by atoms with Gasteiger partial charge in [-0.25, -0.2) is 0 Å². The van der Waals surface area contributed by atoms with Crippen LogP contribution in [0.25, 0.3) is 0 Å². The second-order valence-corrected chi connectivity index (χ2v) is 5.78. The number of aromatic nitrogens is 2. The SMILES string of the molecule is CN=C(NCc1cnn(C)c1)N(C)CCc1ccc(OC)c(OC)c1.I. The molecule has 0 saturated carbocycles. The fraction of sp³-hybridized carbons (Fsp3) is 0.444. The van der Waals surface area contributed by atoms with Crippen LogP contribution in [0.1, 0.15) is 11.1 Å². The summed E-state index contributed by atoms with van der Waals surface area (Å²) in [5.74, 6) is 2.35. The van der Waals surface area contributed by atoms with E-state index < -0.39 is 0 Å². The minimum Gasteiger partial charge on any atom is -0.493 e. The summed E-state index contributed by atoms with van der Waals surface area (Å²) in [5, 5.41) is 7.53. The average Bonchev–Trinajstić information content (AvgIpc) is 3.05. The number of aryl methyl sites for hydroxylation is 1. The molecular weight excluding hydrogens is 445 g/mol. The smallest absolute Gasteiger partial charge is 0.193 e. The molecule has 1 aromatic carbocycles. The predicted molar refractivity (Wildman–Crippen MR) is 115 cm³/mol. The van der Waals surface area contributed by atoms with Gasteiger partial charge in [0.1, 0.15) is 0 Å². The van der Waals surface area contributed by atoms with Gasteiger partial charge in [-0.3, -0.25) is 9.67 Å². The van der Waals surface area contributed by atoms with Crippen LogP contribution in [0.3, 0.4) is 0 Å². The lowest BCUT2D eigenvalue weighted by atomic mass is 10.1. The summed E-state index contributed by atoms with van der Waals surface area (Å²) in [6.07, 6.45) is 4.72. The number of likely N-dealkylation sites (N-methyl/N-ethyl adjacent to an activating group) is 1. The van der Waals surface area contributed by atoms with Crippen molar-refractivity contribution in [1.29, 1.82) is 0 Å². The molecule has 0 fully saturated rings. The van der Waals surface area contributed by atoms with Gasteiger partial charge < -0.3 is 19.7 Å². The summed E-state index contributed by atoms with van der Waals surface area (Å²) >= 11 is 0. The number of hydrogen-bond donors (Lipinski definition) is 1. The van der Waals surface area contributed by atoms with Crippen LogP contribution in [-0.4, -0.2) is 55.5 Å². The van der Waals surface area contributed by atoms with Crippen LogP contribution in [0.2, 0.25) is 0 Å². The highest BCUT2D eigenvalue weighted by Crippen LogP contribution is 2.27. The molecule has 144 valence electrons. The highest BCUT2D eigenvalue weighted by molar-refractivity contribution is 14.0. The summed E-state index contributed by atoms with van der Waals surface area (Å²) in [6, 6.07) is 6.00. The topological polar surface area (TPSA) is 63.9 Å². The molecule has 0 radical (unpaired) electrons. The van der Waals surface area contributed by atoms with Gasteiger partial charge in [0.05, 0.1) is 20.4 Å². The van der Waals surface area contributed by atoms with E-state index in [1.54, 1.807) is 25.9 Å². The molecule has 0 aliphatic carbocycles. The van der Waals surface area contributed by atoms with Gasteiger partial charge in [-0.2, -0.15) is 5.10 Å². The van der Waals surface area contributed by atoms with Crippen molar-refractivity contribution in [3.05, 3.63) is 41.7 Å². The molecule has 7 nitrogen and oxygen atoms in total. The van der Waals surface area contributed by atoms with E-state index in [9.17, 15) is 0 Å². The van der Waals surface area contributed by atoms with Gasteiger partial charge in [0.2, 0.25) is 0 Å². The van der Waals surface area contributed by atoms with Crippen LogP contribution in [0, 0.1) is 0 Å². The van der Waals surface area contributed by atoms with E-state index in [4.69, 9.17) is 9.47 Å². The summed E-state index contributed by atoms with van der Waals surface area (Å²) < 4.78 is 12.4. The molecule has 0 saturated heterocycles. The number of guanidine groups is 1. The van der Waals surface area contributed by atoms with E-state index in [0.29, 0.717) is 6.54 Å². The highest BCUT2D eigenvalue weighted by Gasteiger charge is 2.09. The van der Waals surface area contributed by atoms with Gasteiger partial charge >= 0.3 is 0 Å². The first-order chi connectivity index (χ1) is 12.1. The van der Waals surface area contributed by atoms with Gasteiger partial charge in [-0.15, -0.1) is 24.0 Å². The lowest BCUT2D eigenvalue weighted by Gasteiger charge is -2.22. The molecule has 26 heavy (non-hydrogen) atoms. The first-order valence-electron chi connectivity index (χ1n) is 8.17. The average molecular weight is 473 g/mol. The van der Waals surface area contributed by atoms with Crippen molar-refractivity contribution < 1.29 is 9.47 Å². The van der Waals surface area contributed by atoms with Crippen molar-refractivity contribution in [3.8, 4) is 11.5 Å². The monoisotopic (exact) mass is 473 g/mol. The van der Waals surface area contributed by atoms with Crippen molar-refractivity contribution in [1.82, 2.24) is 20.0 Å². The lowest BCUT2D eigenvalue weighted by molar-refractivity contribution is 0.354. The van der Waals surface area contributed by atoms with Crippen molar-refractivity contribution in [2.45, 2.75) is 13.0 Å².